The van der Waals surface area contributed by atoms with E-state index in [9.17, 15) is 4.79 Å². The van der Waals surface area contributed by atoms with Crippen LogP contribution in [0.3, 0.4) is 0 Å². The maximum absolute atomic E-state index is 10.3. The minimum atomic E-state index is -0.928. The first-order chi connectivity index (χ1) is 8.00. The van der Waals surface area contributed by atoms with Crippen LogP contribution in [0.2, 0.25) is 0 Å². The van der Waals surface area contributed by atoms with Gasteiger partial charge in [0.15, 0.2) is 0 Å². The van der Waals surface area contributed by atoms with Gasteiger partial charge in [0, 0.05) is 6.08 Å². The topological polar surface area (TPSA) is 37.3 Å². The first kappa shape index (κ1) is 13.2. The third-order valence-corrected chi connectivity index (χ3v) is 2.60. The van der Waals surface area contributed by atoms with Crippen molar-refractivity contribution in [1.29, 1.82) is 0 Å². The molecule has 0 atom stereocenters. The minimum absolute atomic E-state index is 0.498. The van der Waals surface area contributed by atoms with Crippen molar-refractivity contribution < 1.29 is 9.90 Å². The fourth-order valence-corrected chi connectivity index (χ4v) is 1.49. The Morgan fingerprint density at radius 1 is 1.29 bits per heavy atom. The molecule has 1 aromatic carbocycles. The molecule has 0 aromatic heterocycles. The largest absolute Gasteiger partial charge is 0.478 e. The Bertz CT molecular complexity index is 454. The number of allylic oxidation sites excluding steroid dienone is 2. The Hall–Kier alpha value is -1.83. The molecule has 17 heavy (non-hydrogen) atoms. The molecule has 0 aliphatic carbocycles. The van der Waals surface area contributed by atoms with Gasteiger partial charge in [-0.05, 0) is 29.5 Å². The number of rotatable bonds is 4. The van der Waals surface area contributed by atoms with Crippen LogP contribution < -0.4 is 0 Å². The van der Waals surface area contributed by atoms with Crippen molar-refractivity contribution in [3.05, 3.63) is 53.1 Å². The summed E-state index contributed by atoms with van der Waals surface area (Å²) in [7, 11) is 0. The molecular formula is C15H18O2. The molecule has 2 heteroatoms. The van der Waals surface area contributed by atoms with E-state index in [1.807, 2.05) is 13.0 Å². The highest BCUT2D eigenvalue weighted by Gasteiger charge is 2.00. The summed E-state index contributed by atoms with van der Waals surface area (Å²) in [5.41, 5.74) is 3.61. The second-order valence-electron chi connectivity index (χ2n) is 4.33. The highest BCUT2D eigenvalue weighted by molar-refractivity contribution is 5.80. The second-order valence-corrected chi connectivity index (χ2v) is 4.33. The summed E-state index contributed by atoms with van der Waals surface area (Å²) in [6.07, 6.45) is 6.34. The maximum Gasteiger partial charge on any atom is 0.328 e. The van der Waals surface area contributed by atoms with Gasteiger partial charge in [-0.25, -0.2) is 4.79 Å². The molecule has 0 spiro atoms. The zero-order chi connectivity index (χ0) is 12.8. The van der Waals surface area contributed by atoms with Crippen LogP contribution in [0, 0.1) is 6.92 Å². The number of benzene rings is 1. The quantitative estimate of drug-likeness (QED) is 0.631. The van der Waals surface area contributed by atoms with Crippen LogP contribution in [-0.4, -0.2) is 11.1 Å². The Labute approximate surface area is 102 Å². The van der Waals surface area contributed by atoms with E-state index in [1.54, 1.807) is 6.08 Å². The number of carbonyl (C=O) groups is 1. The van der Waals surface area contributed by atoms with E-state index in [4.69, 9.17) is 5.11 Å². The number of hydrogen-bond donors (Lipinski definition) is 1. The zero-order valence-electron chi connectivity index (χ0n) is 10.5. The SMILES string of the molecule is Cc1ccc(C(C)C)cc1/C=C/C=C/C(=O)O. The Balaban J connectivity index is 2.90. The maximum atomic E-state index is 10.3. The van der Waals surface area contributed by atoms with Gasteiger partial charge < -0.3 is 5.11 Å². The normalized spacial score (nSPS) is 11.8. The standard InChI is InChI=1S/C15H18O2/c1-11(2)13-9-8-12(3)14(10-13)6-4-5-7-15(16)17/h4-11H,1-3H3,(H,16,17)/b6-4+,7-5+. The average molecular weight is 230 g/mol. The Kier molecular flexibility index (Phi) is 4.70. The van der Waals surface area contributed by atoms with Crippen LogP contribution in [0.1, 0.15) is 36.5 Å². The van der Waals surface area contributed by atoms with E-state index >= 15 is 0 Å². The van der Waals surface area contributed by atoms with Gasteiger partial charge in [0.25, 0.3) is 0 Å². The molecular weight excluding hydrogens is 212 g/mol. The van der Waals surface area contributed by atoms with Crippen LogP contribution in [-0.2, 0) is 4.79 Å². The van der Waals surface area contributed by atoms with Gasteiger partial charge in [-0.15, -0.1) is 0 Å². The van der Waals surface area contributed by atoms with E-state index in [0.717, 1.165) is 11.6 Å². The third-order valence-electron chi connectivity index (χ3n) is 2.60. The number of aryl methyl sites for hydroxylation is 1. The van der Waals surface area contributed by atoms with Crippen molar-refractivity contribution in [2.24, 2.45) is 0 Å². The van der Waals surface area contributed by atoms with Gasteiger partial charge in [-0.1, -0.05) is 50.3 Å². The van der Waals surface area contributed by atoms with E-state index in [1.165, 1.54) is 17.2 Å². The Morgan fingerprint density at radius 3 is 2.59 bits per heavy atom. The highest BCUT2D eigenvalue weighted by Crippen LogP contribution is 2.19. The number of aliphatic carboxylic acids is 1. The van der Waals surface area contributed by atoms with Crippen LogP contribution in [0.5, 0.6) is 0 Å². The lowest BCUT2D eigenvalue weighted by molar-refractivity contribution is -0.131. The van der Waals surface area contributed by atoms with Gasteiger partial charge in [-0.2, -0.15) is 0 Å². The molecule has 0 aliphatic heterocycles. The molecule has 0 fully saturated rings. The summed E-state index contributed by atoms with van der Waals surface area (Å²) in [4.78, 5) is 10.3. The van der Waals surface area contributed by atoms with Gasteiger partial charge in [0.2, 0.25) is 0 Å². The van der Waals surface area contributed by atoms with Crippen molar-refractivity contribution >= 4 is 12.0 Å². The van der Waals surface area contributed by atoms with Crippen molar-refractivity contribution in [2.45, 2.75) is 26.7 Å². The smallest absolute Gasteiger partial charge is 0.328 e. The molecule has 1 rings (SSSR count). The fourth-order valence-electron chi connectivity index (χ4n) is 1.49. The van der Waals surface area contributed by atoms with E-state index < -0.39 is 5.97 Å². The zero-order valence-corrected chi connectivity index (χ0v) is 10.5. The van der Waals surface area contributed by atoms with Crippen molar-refractivity contribution in [3.63, 3.8) is 0 Å². The summed E-state index contributed by atoms with van der Waals surface area (Å²) < 4.78 is 0. The summed E-state index contributed by atoms with van der Waals surface area (Å²) in [6.45, 7) is 6.36. The summed E-state index contributed by atoms with van der Waals surface area (Å²) in [5.74, 6) is -0.431. The molecule has 0 saturated carbocycles. The molecule has 1 aromatic rings. The molecule has 0 aliphatic rings. The van der Waals surface area contributed by atoms with Crippen molar-refractivity contribution in [3.8, 4) is 0 Å². The van der Waals surface area contributed by atoms with Crippen molar-refractivity contribution in [1.82, 2.24) is 0 Å². The van der Waals surface area contributed by atoms with E-state index in [0.29, 0.717) is 5.92 Å². The molecule has 0 unspecified atom stereocenters. The van der Waals surface area contributed by atoms with Crippen LogP contribution >= 0.6 is 0 Å². The molecule has 0 saturated heterocycles. The molecule has 0 amide bonds. The lowest BCUT2D eigenvalue weighted by Crippen LogP contribution is -1.90. The van der Waals surface area contributed by atoms with E-state index in [2.05, 4.69) is 32.0 Å². The summed E-state index contributed by atoms with van der Waals surface area (Å²) in [5, 5.41) is 8.46. The van der Waals surface area contributed by atoms with Crippen molar-refractivity contribution in [2.75, 3.05) is 0 Å². The highest BCUT2D eigenvalue weighted by atomic mass is 16.4. The summed E-state index contributed by atoms with van der Waals surface area (Å²) in [6, 6.07) is 6.37. The lowest BCUT2D eigenvalue weighted by Gasteiger charge is -2.08. The van der Waals surface area contributed by atoms with Gasteiger partial charge >= 0.3 is 5.97 Å². The first-order valence-corrected chi connectivity index (χ1v) is 5.69. The van der Waals surface area contributed by atoms with Crippen LogP contribution in [0.15, 0.2) is 36.4 Å². The third kappa shape index (κ3) is 4.27. The fraction of sp³-hybridized carbons (Fsp3) is 0.267. The number of carboxylic acid groups (broad SMARTS) is 1. The monoisotopic (exact) mass is 230 g/mol. The average Bonchev–Trinajstić information content (AvgIpc) is 2.25. The van der Waals surface area contributed by atoms with Crippen LogP contribution in [0.25, 0.3) is 6.08 Å². The number of hydrogen-bond acceptors (Lipinski definition) is 1. The summed E-state index contributed by atoms with van der Waals surface area (Å²) >= 11 is 0. The molecule has 0 radical (unpaired) electrons. The van der Waals surface area contributed by atoms with Gasteiger partial charge in [0.05, 0.1) is 0 Å². The number of carboxylic acids is 1. The molecule has 90 valence electrons. The predicted octanol–water partition coefficient (Wildman–Crippen LogP) is 3.77. The minimum Gasteiger partial charge on any atom is -0.478 e. The molecule has 0 heterocycles. The molecule has 2 nitrogen and oxygen atoms in total. The van der Waals surface area contributed by atoms with Gasteiger partial charge in [0.1, 0.15) is 0 Å². The molecule has 0 bridgehead atoms. The first-order valence-electron chi connectivity index (χ1n) is 5.69. The Morgan fingerprint density at radius 2 is 2.00 bits per heavy atom. The van der Waals surface area contributed by atoms with E-state index in [-0.39, 0.29) is 0 Å². The lowest BCUT2D eigenvalue weighted by atomic mass is 9.97. The predicted molar refractivity (Wildman–Crippen MR) is 71.1 cm³/mol. The van der Waals surface area contributed by atoms with Crippen LogP contribution in [0.4, 0.5) is 0 Å². The molecule has 1 N–H and O–H groups in total. The second kappa shape index (κ2) is 6.04. The van der Waals surface area contributed by atoms with Gasteiger partial charge in [-0.3, -0.25) is 0 Å².